The Hall–Kier alpha value is -0.469. The number of rotatable bonds is 12. The monoisotopic (exact) mass is 1120 g/mol. The molecular weight excluding hydrogens is 1080 g/mol. The van der Waals surface area contributed by atoms with Crippen molar-refractivity contribution >= 4 is 17.6 Å². The molecule has 1 radical (unpaired) electrons. The molecule has 42 heavy (non-hydrogen) atoms. The Morgan fingerprint density at radius 3 is 2.38 bits per heavy atom. The molecule has 0 bridgehead atoms. The third-order valence-electron chi connectivity index (χ3n) is 6.63. The molecule has 3 nitrogen and oxygen atoms in total. The number of amides is 1. The van der Waals surface area contributed by atoms with E-state index in [1.54, 1.807) is 6.08 Å². The Morgan fingerprint density at radius 2 is 1.88 bits per heavy atom. The van der Waals surface area contributed by atoms with E-state index >= 15 is 0 Å². The van der Waals surface area contributed by atoms with Crippen LogP contribution in [0.1, 0.15) is 96.3 Å². The Bertz CT molecular complexity index is 1010. The Kier molecular flexibility index (Phi) is 29.8. The number of hydrogen-bond donors (Lipinski definition) is 1. The molecule has 0 fully saturated rings. The molecular formula is C33H48CmCuF2NNd2O2-. The topological polar surface area (TPSA) is 38.3 Å². The number of nitrogens with one attached hydrogen (secondary N) is 1. The summed E-state index contributed by atoms with van der Waals surface area (Å²) < 4.78 is 33.1. The van der Waals surface area contributed by atoms with Crippen molar-refractivity contribution in [3.63, 3.8) is 0 Å². The largest absolute Gasteiger partial charge is 0.496 e. The number of benzene rings is 1. The minimum atomic E-state index is -2.65. The molecule has 1 amide bonds. The van der Waals surface area contributed by atoms with Crippen molar-refractivity contribution in [1.29, 1.82) is 0 Å². The van der Waals surface area contributed by atoms with Gasteiger partial charge in [0.25, 0.3) is 5.91 Å². The molecule has 2 unspecified atom stereocenters. The van der Waals surface area contributed by atoms with E-state index in [4.69, 9.17) is 4.74 Å². The summed E-state index contributed by atoms with van der Waals surface area (Å²) in [5, 5.41) is 2.98. The van der Waals surface area contributed by atoms with Crippen LogP contribution in [0.15, 0.2) is 54.3 Å². The normalized spacial score (nSPS) is 15.2. The first-order chi connectivity index (χ1) is 18.0. The van der Waals surface area contributed by atoms with Gasteiger partial charge in [-0.25, -0.2) is 8.78 Å². The number of carbonyl (C=O) groups is 1. The second-order valence-electron chi connectivity index (χ2n) is 9.99. The van der Waals surface area contributed by atoms with Gasteiger partial charge in [0.2, 0.25) is 5.92 Å². The zero-order valence-electron chi connectivity index (χ0n) is 26.0. The quantitative estimate of drug-likeness (QED) is 0.0567. The summed E-state index contributed by atoms with van der Waals surface area (Å²) in [5.74, 6) is -2.91. The average Bonchev–Trinajstić information content (AvgIpc) is 2.87. The smallest absolute Gasteiger partial charge is 0.251 e. The molecule has 2 rings (SSSR count). The molecule has 1 aromatic carbocycles. The van der Waals surface area contributed by atoms with Crippen LogP contribution in [0.5, 0.6) is 0 Å². The van der Waals surface area contributed by atoms with Crippen LogP contribution < -0.4 is 5.32 Å². The number of carbonyl (C=O) groups excluding carboxylic acids is 1. The van der Waals surface area contributed by atoms with Crippen molar-refractivity contribution < 1.29 is 117 Å². The maximum atomic E-state index is 13.7. The van der Waals surface area contributed by atoms with E-state index in [-0.39, 0.29) is 111 Å². The fourth-order valence-electron chi connectivity index (χ4n) is 4.27. The van der Waals surface area contributed by atoms with Gasteiger partial charge in [0.05, 0.1) is 12.6 Å². The van der Waals surface area contributed by atoms with Crippen LogP contribution in [-0.2, 0) is 26.6 Å². The molecule has 1 aliphatic carbocycles. The van der Waals surface area contributed by atoms with Crippen LogP contribution in [0, 0.1) is 101 Å². The molecule has 0 saturated carbocycles. The molecule has 0 spiro atoms. The van der Waals surface area contributed by atoms with E-state index in [0.29, 0.717) is 37.2 Å². The van der Waals surface area contributed by atoms with Crippen molar-refractivity contribution in [3.05, 3.63) is 78.0 Å². The summed E-state index contributed by atoms with van der Waals surface area (Å²) >= 11 is 0. The van der Waals surface area contributed by atoms with Crippen molar-refractivity contribution in [2.45, 2.75) is 98.5 Å². The molecule has 0 aromatic heterocycles. The van der Waals surface area contributed by atoms with Gasteiger partial charge in [-0.2, -0.15) is 6.42 Å². The van der Waals surface area contributed by atoms with Gasteiger partial charge in [0, 0.05) is 110 Å². The summed E-state index contributed by atoms with van der Waals surface area (Å²) in [6, 6.07) is 5.64. The van der Waals surface area contributed by atoms with E-state index in [9.17, 15) is 13.6 Å². The summed E-state index contributed by atoms with van der Waals surface area (Å²) in [4.78, 5) is 13.0. The number of alkyl halides is 2. The van der Waals surface area contributed by atoms with Gasteiger partial charge in [-0.1, -0.05) is 69.7 Å². The van der Waals surface area contributed by atoms with Crippen LogP contribution >= 0.6 is 0 Å². The summed E-state index contributed by atoms with van der Waals surface area (Å²) in [7, 11) is 0. The number of unbranched alkanes of at least 4 members (excludes halogenated alkanes) is 2. The number of ether oxygens (including phenoxy) is 1. The SMILES string of the molecule is C=C(OCCCCC)C(C)NC(=O)C(/C=C\C)=C/c1cccc(C2=CCC(C(C)(F)F)CC2)c1C.[CH2-]CC.[Cm].[Cu].[Nd].[Nd]. The summed E-state index contributed by atoms with van der Waals surface area (Å²) in [6.07, 6.45) is 13.1. The van der Waals surface area contributed by atoms with E-state index in [2.05, 4.69) is 25.7 Å². The zero-order valence-corrected chi connectivity index (χ0v) is 36.3. The third kappa shape index (κ3) is 17.1. The first kappa shape index (κ1) is 48.4. The maximum absolute atomic E-state index is 13.7. The van der Waals surface area contributed by atoms with Crippen LogP contribution in [0.4, 0.5) is 8.78 Å². The number of halogens is 2. The Labute approximate surface area is 324 Å². The molecule has 0 heterocycles. The predicted octanol–water partition coefficient (Wildman–Crippen LogP) is 9.25. The average molecular weight is 1130 g/mol. The third-order valence-corrected chi connectivity index (χ3v) is 6.63. The predicted molar refractivity (Wildman–Crippen MR) is 158 cm³/mol. The first-order valence-electron chi connectivity index (χ1n) is 13.9. The first-order valence-corrected chi connectivity index (χ1v) is 13.9. The molecule has 2 atom stereocenters. The van der Waals surface area contributed by atoms with Gasteiger partial charge < -0.3 is 17.0 Å². The molecule has 0 saturated heterocycles. The molecule has 1 N–H and O–H groups in total. The molecule has 1 aromatic rings. The number of allylic oxidation sites excluding steroid dienone is 3. The van der Waals surface area contributed by atoms with Crippen molar-refractivity contribution in [1.82, 2.24) is 5.32 Å². The van der Waals surface area contributed by atoms with Crippen LogP contribution in [-0.4, -0.2) is 24.5 Å². The standard InChI is InChI=1S/C30H41F2NO2.C3H7.Cm.Cu.2Nd/c1-7-9-10-19-35-23(5)22(4)33-29(34)26(12-8-2)20-25-13-11-14-28(21(25)3)24-15-17-27(18-16-24)30(6,31)32;1-3-2;;;;/h8,11-15,20,22,27H,5,7,9-10,16-19H2,1-4,6H3,(H,33,34);1,3H2,2H3;;;;/q;-1;;;;/b12-8-,26-20+;;;;;. The van der Waals surface area contributed by atoms with Gasteiger partial charge in [-0.3, -0.25) is 4.79 Å². The van der Waals surface area contributed by atoms with E-state index in [1.807, 2.05) is 64.1 Å². The fourth-order valence-corrected chi connectivity index (χ4v) is 4.27. The van der Waals surface area contributed by atoms with Crippen LogP contribution in [0.25, 0.3) is 11.6 Å². The van der Waals surface area contributed by atoms with Gasteiger partial charge in [-0.05, 0) is 81.7 Å². The summed E-state index contributed by atoms with van der Waals surface area (Å²) in [5.41, 5.74) is 4.64. The second-order valence-corrected chi connectivity index (χ2v) is 9.99. The van der Waals surface area contributed by atoms with Gasteiger partial charge in [0.1, 0.15) is 5.76 Å². The van der Waals surface area contributed by atoms with Gasteiger partial charge in [0.15, 0.2) is 0 Å². The zero-order chi connectivity index (χ0) is 28.7. The molecule has 9 heteroatoms. The minimum absolute atomic E-state index is 0. The molecule has 239 valence electrons. The van der Waals surface area contributed by atoms with Crippen LogP contribution in [0.3, 0.4) is 0 Å². The second kappa shape index (κ2) is 25.8. The van der Waals surface area contributed by atoms with E-state index in [0.717, 1.165) is 54.9 Å². The van der Waals surface area contributed by atoms with Crippen molar-refractivity contribution in [3.8, 4) is 0 Å². The van der Waals surface area contributed by atoms with Crippen molar-refractivity contribution in [2.24, 2.45) is 5.92 Å². The number of hydrogen-bond acceptors (Lipinski definition) is 2. The van der Waals surface area contributed by atoms with Crippen molar-refractivity contribution in [2.75, 3.05) is 6.61 Å². The van der Waals surface area contributed by atoms with Gasteiger partial charge in [-0.15, -0.1) is 0 Å². The fraction of sp³-hybridized carbons (Fsp3) is 0.515. The molecule has 1 aliphatic rings. The van der Waals surface area contributed by atoms with Gasteiger partial charge >= 0.3 is 0 Å². The summed E-state index contributed by atoms with van der Waals surface area (Å²) in [6.45, 7) is 19.0. The van der Waals surface area contributed by atoms with E-state index in [1.165, 1.54) is 0 Å². The minimum Gasteiger partial charge on any atom is -0.496 e. The van der Waals surface area contributed by atoms with E-state index < -0.39 is 11.8 Å². The Balaban J connectivity index is -0.000000987. The van der Waals surface area contributed by atoms with Crippen LogP contribution in [0.2, 0.25) is 0 Å². The Morgan fingerprint density at radius 1 is 1.26 bits per heavy atom. The molecule has 0 aliphatic heterocycles. The maximum Gasteiger partial charge on any atom is 0.251 e.